The molecule has 0 atom stereocenters. The van der Waals surface area contributed by atoms with Crippen molar-refractivity contribution >= 4 is 56.1 Å². The van der Waals surface area contributed by atoms with Crippen molar-refractivity contribution in [1.29, 1.82) is 0 Å². The first-order chi connectivity index (χ1) is 13.3. The van der Waals surface area contributed by atoms with E-state index in [2.05, 4.69) is 20.3 Å². The molecule has 0 unspecified atom stereocenters. The summed E-state index contributed by atoms with van der Waals surface area (Å²) >= 11 is 10.9. The largest absolute Gasteiger partial charge is 0.332 e. The van der Waals surface area contributed by atoms with Crippen molar-refractivity contribution < 1.29 is 12.8 Å². The Hall–Kier alpha value is -2.75. The van der Waals surface area contributed by atoms with Gasteiger partial charge < -0.3 is 10.6 Å². The van der Waals surface area contributed by atoms with Crippen molar-refractivity contribution in [1.82, 2.24) is 4.98 Å². The molecule has 0 fully saturated rings. The number of hydrogen-bond donors (Lipinski definition) is 3. The van der Waals surface area contributed by atoms with E-state index in [1.165, 1.54) is 36.5 Å². The average Bonchev–Trinajstić information content (AvgIpc) is 2.65. The van der Waals surface area contributed by atoms with Crippen LogP contribution in [0.2, 0.25) is 5.02 Å². The van der Waals surface area contributed by atoms with Gasteiger partial charge in [-0.25, -0.2) is 17.8 Å². The zero-order valence-electron chi connectivity index (χ0n) is 14.2. The number of halogens is 2. The molecule has 1 aromatic heterocycles. The highest BCUT2D eigenvalue weighted by atomic mass is 35.5. The zero-order chi connectivity index (χ0) is 20.1. The van der Waals surface area contributed by atoms with Gasteiger partial charge in [0, 0.05) is 17.6 Å². The summed E-state index contributed by atoms with van der Waals surface area (Å²) in [4.78, 5) is 4.01. The lowest BCUT2D eigenvalue weighted by atomic mass is 10.3. The highest BCUT2D eigenvalue weighted by Gasteiger charge is 2.14. The molecule has 0 saturated heterocycles. The standard InChI is InChI=1S/C18H14ClFN4O2S2/c19-15-11-13(6-9-16(15)20)23-18(27)22-12-4-7-14(8-5-12)28(25,26)24-17-3-1-2-10-21-17/h1-11H,(H,21,24)(H2,22,23,27). The van der Waals surface area contributed by atoms with Crippen LogP contribution >= 0.6 is 23.8 Å². The number of thiocarbonyl (C=S) groups is 1. The van der Waals surface area contributed by atoms with Crippen LogP contribution in [0, 0.1) is 5.82 Å². The predicted octanol–water partition coefficient (Wildman–Crippen LogP) is 4.48. The van der Waals surface area contributed by atoms with Crippen LogP contribution in [0.15, 0.2) is 71.8 Å². The summed E-state index contributed by atoms with van der Waals surface area (Å²) in [6, 6.07) is 15.1. The molecule has 2 aromatic carbocycles. The second-order valence-corrected chi connectivity index (χ2v) is 8.05. The predicted molar refractivity (Wildman–Crippen MR) is 113 cm³/mol. The topological polar surface area (TPSA) is 83.1 Å². The van der Waals surface area contributed by atoms with Gasteiger partial charge in [0.2, 0.25) is 0 Å². The van der Waals surface area contributed by atoms with Gasteiger partial charge in [-0.2, -0.15) is 0 Å². The monoisotopic (exact) mass is 436 g/mol. The number of hydrogen-bond acceptors (Lipinski definition) is 4. The van der Waals surface area contributed by atoms with Gasteiger partial charge in [-0.3, -0.25) is 4.72 Å². The molecule has 0 bridgehead atoms. The van der Waals surface area contributed by atoms with Crippen molar-refractivity contribution in [2.24, 2.45) is 0 Å². The maximum absolute atomic E-state index is 13.2. The molecule has 3 N–H and O–H groups in total. The van der Waals surface area contributed by atoms with Crippen LogP contribution in [0.25, 0.3) is 0 Å². The van der Waals surface area contributed by atoms with Gasteiger partial charge in [-0.15, -0.1) is 0 Å². The Morgan fingerprint density at radius 3 is 2.32 bits per heavy atom. The summed E-state index contributed by atoms with van der Waals surface area (Å²) in [5.41, 5.74) is 1.09. The third-order valence-corrected chi connectivity index (χ3v) is 5.37. The third kappa shape index (κ3) is 5.16. The Morgan fingerprint density at radius 1 is 1.00 bits per heavy atom. The molecule has 0 aliphatic rings. The fraction of sp³-hybridized carbons (Fsp3) is 0. The first-order valence-electron chi connectivity index (χ1n) is 7.90. The van der Waals surface area contributed by atoms with Crippen LogP contribution in [0.3, 0.4) is 0 Å². The minimum Gasteiger partial charge on any atom is -0.332 e. The van der Waals surface area contributed by atoms with Gasteiger partial charge in [0.1, 0.15) is 11.6 Å². The quantitative estimate of drug-likeness (QED) is 0.511. The molecular formula is C18H14ClFN4O2S2. The number of pyridine rings is 1. The van der Waals surface area contributed by atoms with Gasteiger partial charge >= 0.3 is 0 Å². The molecule has 0 saturated carbocycles. The van der Waals surface area contributed by atoms with Gasteiger partial charge in [0.15, 0.2) is 5.11 Å². The van der Waals surface area contributed by atoms with E-state index in [4.69, 9.17) is 23.8 Å². The van der Waals surface area contributed by atoms with Gasteiger partial charge in [-0.1, -0.05) is 17.7 Å². The fourth-order valence-corrected chi connectivity index (χ4v) is 3.63. The molecule has 10 heteroatoms. The Kier molecular flexibility index (Phi) is 6.08. The van der Waals surface area contributed by atoms with Crippen LogP contribution in [0.5, 0.6) is 0 Å². The summed E-state index contributed by atoms with van der Waals surface area (Å²) in [5.74, 6) is -0.296. The zero-order valence-corrected chi connectivity index (χ0v) is 16.6. The van der Waals surface area contributed by atoms with E-state index in [0.29, 0.717) is 11.4 Å². The van der Waals surface area contributed by atoms with E-state index in [0.717, 1.165) is 0 Å². The molecule has 144 valence electrons. The summed E-state index contributed by atoms with van der Waals surface area (Å²) in [7, 11) is -3.75. The number of aromatic nitrogens is 1. The SMILES string of the molecule is O=S(=O)(Nc1ccccn1)c1ccc(NC(=S)Nc2ccc(F)c(Cl)c2)cc1. The molecule has 0 spiro atoms. The summed E-state index contributed by atoms with van der Waals surface area (Å²) in [6.07, 6.45) is 1.49. The smallest absolute Gasteiger partial charge is 0.263 e. The highest BCUT2D eigenvalue weighted by molar-refractivity contribution is 7.92. The van der Waals surface area contributed by atoms with Crippen LogP contribution in [-0.4, -0.2) is 18.5 Å². The van der Waals surface area contributed by atoms with Crippen molar-refractivity contribution in [2.45, 2.75) is 4.90 Å². The number of sulfonamides is 1. The summed E-state index contributed by atoms with van der Waals surface area (Å²) in [6.45, 7) is 0. The van der Waals surface area contributed by atoms with E-state index in [1.54, 1.807) is 30.3 Å². The Morgan fingerprint density at radius 2 is 1.68 bits per heavy atom. The molecule has 28 heavy (non-hydrogen) atoms. The van der Waals surface area contributed by atoms with Gasteiger partial charge in [0.25, 0.3) is 10.0 Å². The molecule has 3 rings (SSSR count). The van der Waals surface area contributed by atoms with Crippen LogP contribution in [-0.2, 0) is 10.0 Å². The summed E-state index contributed by atoms with van der Waals surface area (Å²) in [5, 5.41) is 5.99. The first kappa shape index (κ1) is 20.0. The third-order valence-electron chi connectivity index (χ3n) is 3.50. The molecule has 3 aromatic rings. The molecule has 6 nitrogen and oxygen atoms in total. The van der Waals surface area contributed by atoms with E-state index >= 15 is 0 Å². The molecule has 0 aliphatic heterocycles. The molecule has 0 radical (unpaired) electrons. The van der Waals surface area contributed by atoms with Gasteiger partial charge in [0.05, 0.1) is 9.92 Å². The lowest BCUT2D eigenvalue weighted by molar-refractivity contribution is 0.601. The van der Waals surface area contributed by atoms with Gasteiger partial charge in [-0.05, 0) is 66.8 Å². The molecule has 0 amide bonds. The van der Waals surface area contributed by atoms with Crippen LogP contribution in [0.1, 0.15) is 0 Å². The van der Waals surface area contributed by atoms with E-state index in [9.17, 15) is 12.8 Å². The van der Waals surface area contributed by atoms with Crippen LogP contribution in [0.4, 0.5) is 21.6 Å². The first-order valence-corrected chi connectivity index (χ1v) is 10.2. The maximum Gasteiger partial charge on any atom is 0.263 e. The minimum atomic E-state index is -3.75. The molecule has 0 aliphatic carbocycles. The Balaban J connectivity index is 1.65. The number of benzene rings is 2. The van der Waals surface area contributed by atoms with Crippen LogP contribution < -0.4 is 15.4 Å². The number of anilines is 3. The van der Waals surface area contributed by atoms with Crippen molar-refractivity contribution in [2.75, 3.05) is 15.4 Å². The highest BCUT2D eigenvalue weighted by Crippen LogP contribution is 2.20. The number of nitrogens with one attached hydrogen (secondary N) is 3. The lowest BCUT2D eigenvalue weighted by Crippen LogP contribution is -2.19. The minimum absolute atomic E-state index is 0.0252. The lowest BCUT2D eigenvalue weighted by Gasteiger charge is -2.12. The van der Waals surface area contributed by atoms with Crippen molar-refractivity contribution in [3.05, 3.63) is 77.7 Å². The van der Waals surface area contributed by atoms with E-state index in [1.807, 2.05) is 0 Å². The normalized spacial score (nSPS) is 10.9. The number of nitrogens with zero attached hydrogens (tertiary/aromatic N) is 1. The fourth-order valence-electron chi connectivity index (χ4n) is 2.20. The Labute approximate surface area is 171 Å². The average molecular weight is 437 g/mol. The van der Waals surface area contributed by atoms with Crippen molar-refractivity contribution in [3.8, 4) is 0 Å². The van der Waals surface area contributed by atoms with E-state index < -0.39 is 15.8 Å². The van der Waals surface area contributed by atoms with E-state index in [-0.39, 0.29) is 20.8 Å². The second-order valence-electron chi connectivity index (χ2n) is 5.55. The number of rotatable bonds is 5. The maximum atomic E-state index is 13.2. The summed E-state index contributed by atoms with van der Waals surface area (Å²) < 4.78 is 40.4. The molecule has 1 heterocycles. The Bertz CT molecular complexity index is 1090. The second kappa shape index (κ2) is 8.51. The molecular weight excluding hydrogens is 423 g/mol. The van der Waals surface area contributed by atoms with Crippen molar-refractivity contribution in [3.63, 3.8) is 0 Å².